The molecule has 1 N–H and O–H groups in total. The van der Waals surface area contributed by atoms with E-state index in [1.54, 1.807) is 12.3 Å². The molecular formula is C13H10N2O. The Morgan fingerprint density at radius 1 is 1.19 bits per heavy atom. The Hall–Kier alpha value is -2.16. The van der Waals surface area contributed by atoms with Crippen molar-refractivity contribution in [3.63, 3.8) is 0 Å². The Labute approximate surface area is 91.8 Å². The molecule has 0 aliphatic heterocycles. The first-order chi connectivity index (χ1) is 7.75. The molecule has 0 radical (unpaired) electrons. The van der Waals surface area contributed by atoms with Crippen molar-refractivity contribution in [1.29, 1.82) is 0 Å². The number of pyridine rings is 2. The largest absolute Gasteiger partial charge is 0.321 e. The van der Waals surface area contributed by atoms with Gasteiger partial charge in [0.25, 0.3) is 0 Å². The average Bonchev–Trinajstić information content (AvgIpc) is 2.29. The number of benzene rings is 1. The molecule has 3 nitrogen and oxygen atoms in total. The maximum absolute atomic E-state index is 11.4. The highest BCUT2D eigenvalue weighted by atomic mass is 16.1. The quantitative estimate of drug-likeness (QED) is 0.579. The first-order valence-corrected chi connectivity index (χ1v) is 5.13. The Morgan fingerprint density at radius 3 is 2.94 bits per heavy atom. The van der Waals surface area contributed by atoms with Gasteiger partial charge in [0.2, 0.25) is 5.56 Å². The van der Waals surface area contributed by atoms with Gasteiger partial charge in [0.05, 0.1) is 11.0 Å². The van der Waals surface area contributed by atoms with Crippen molar-refractivity contribution in [3.8, 4) is 0 Å². The molecule has 16 heavy (non-hydrogen) atoms. The van der Waals surface area contributed by atoms with E-state index in [0.29, 0.717) is 0 Å². The number of nitrogens with zero attached hydrogens (tertiary/aromatic N) is 1. The highest BCUT2D eigenvalue weighted by Gasteiger charge is 2.04. The Bertz CT molecular complexity index is 744. The Kier molecular flexibility index (Phi) is 1.80. The first kappa shape index (κ1) is 9.09. The lowest BCUT2D eigenvalue weighted by Crippen LogP contribution is -2.03. The number of hydrogen-bond donors (Lipinski definition) is 1. The number of H-pyrrole nitrogens is 1. The normalized spacial score (nSPS) is 11.1. The zero-order valence-electron chi connectivity index (χ0n) is 8.82. The van der Waals surface area contributed by atoms with Crippen LogP contribution in [0.5, 0.6) is 0 Å². The summed E-state index contributed by atoms with van der Waals surface area (Å²) in [7, 11) is 0. The monoisotopic (exact) mass is 210 g/mol. The standard InChI is InChI=1S/C13H10N2O/c1-8-7-11-10(3-2-6-14-11)13-9(8)4-5-12(16)15-13/h2-7H,1H3,(H,15,16). The van der Waals surface area contributed by atoms with Crippen molar-refractivity contribution in [1.82, 2.24) is 9.97 Å². The van der Waals surface area contributed by atoms with Crippen molar-refractivity contribution in [2.75, 3.05) is 0 Å². The fraction of sp³-hybridized carbons (Fsp3) is 0.0769. The lowest BCUT2D eigenvalue weighted by Gasteiger charge is -2.05. The van der Waals surface area contributed by atoms with Crippen LogP contribution >= 0.6 is 0 Å². The fourth-order valence-corrected chi connectivity index (χ4v) is 2.04. The van der Waals surface area contributed by atoms with Gasteiger partial charge in [-0.3, -0.25) is 9.78 Å². The van der Waals surface area contributed by atoms with Crippen LogP contribution in [0.25, 0.3) is 21.8 Å². The van der Waals surface area contributed by atoms with Crippen LogP contribution in [0, 0.1) is 6.92 Å². The number of hydrogen-bond acceptors (Lipinski definition) is 2. The number of rotatable bonds is 0. The van der Waals surface area contributed by atoms with Gasteiger partial charge in [0.1, 0.15) is 0 Å². The molecule has 1 aromatic carbocycles. The van der Waals surface area contributed by atoms with Gasteiger partial charge in [-0.1, -0.05) is 0 Å². The van der Waals surface area contributed by atoms with Crippen molar-refractivity contribution in [3.05, 3.63) is 52.4 Å². The van der Waals surface area contributed by atoms with Gasteiger partial charge in [-0.05, 0) is 36.8 Å². The average molecular weight is 210 g/mol. The van der Waals surface area contributed by atoms with Gasteiger partial charge in [0.15, 0.2) is 0 Å². The predicted molar refractivity (Wildman–Crippen MR) is 64.6 cm³/mol. The molecular weight excluding hydrogens is 200 g/mol. The number of nitrogens with one attached hydrogen (secondary N) is 1. The second-order valence-corrected chi connectivity index (χ2v) is 3.87. The summed E-state index contributed by atoms with van der Waals surface area (Å²) >= 11 is 0. The van der Waals surface area contributed by atoms with Crippen LogP contribution in [-0.2, 0) is 0 Å². The molecule has 0 spiro atoms. The van der Waals surface area contributed by atoms with E-state index < -0.39 is 0 Å². The number of aromatic nitrogens is 2. The van der Waals surface area contributed by atoms with E-state index in [2.05, 4.69) is 9.97 Å². The SMILES string of the molecule is Cc1cc2ncccc2c2[nH]c(=O)ccc12. The second-order valence-electron chi connectivity index (χ2n) is 3.87. The second kappa shape index (κ2) is 3.17. The van der Waals surface area contributed by atoms with Crippen molar-refractivity contribution in [2.45, 2.75) is 6.92 Å². The lowest BCUT2D eigenvalue weighted by molar-refractivity contribution is 1.30. The summed E-state index contributed by atoms with van der Waals surface area (Å²) in [5.41, 5.74) is 2.82. The third-order valence-electron chi connectivity index (χ3n) is 2.80. The zero-order chi connectivity index (χ0) is 11.1. The third-order valence-corrected chi connectivity index (χ3v) is 2.80. The molecule has 0 atom stereocenters. The van der Waals surface area contributed by atoms with E-state index in [-0.39, 0.29) is 5.56 Å². The van der Waals surface area contributed by atoms with Crippen molar-refractivity contribution < 1.29 is 0 Å². The lowest BCUT2D eigenvalue weighted by atomic mass is 10.1. The molecule has 0 bridgehead atoms. The molecule has 0 aliphatic rings. The molecule has 3 heteroatoms. The van der Waals surface area contributed by atoms with Crippen molar-refractivity contribution >= 4 is 21.8 Å². The highest BCUT2D eigenvalue weighted by molar-refractivity contribution is 6.04. The van der Waals surface area contributed by atoms with Gasteiger partial charge >= 0.3 is 0 Å². The molecule has 78 valence electrons. The summed E-state index contributed by atoms with van der Waals surface area (Å²) in [4.78, 5) is 18.5. The van der Waals surface area contributed by atoms with Crippen LogP contribution in [0.4, 0.5) is 0 Å². The van der Waals surface area contributed by atoms with E-state index in [0.717, 1.165) is 27.4 Å². The van der Waals surface area contributed by atoms with E-state index in [4.69, 9.17) is 0 Å². The minimum atomic E-state index is -0.0803. The van der Waals surface area contributed by atoms with Gasteiger partial charge < -0.3 is 4.98 Å². The van der Waals surface area contributed by atoms with Crippen LogP contribution in [0.15, 0.2) is 41.3 Å². The van der Waals surface area contributed by atoms with E-state index in [1.807, 2.05) is 31.2 Å². The molecule has 0 saturated heterocycles. The maximum atomic E-state index is 11.4. The molecule has 2 heterocycles. The summed E-state index contributed by atoms with van der Waals surface area (Å²) in [6, 6.07) is 9.30. The molecule has 3 rings (SSSR count). The maximum Gasteiger partial charge on any atom is 0.248 e. The Balaban J connectivity index is 2.66. The first-order valence-electron chi connectivity index (χ1n) is 5.13. The minimum Gasteiger partial charge on any atom is -0.321 e. The van der Waals surface area contributed by atoms with Crippen LogP contribution in [-0.4, -0.2) is 9.97 Å². The molecule has 0 aliphatic carbocycles. The minimum absolute atomic E-state index is 0.0803. The van der Waals surface area contributed by atoms with Gasteiger partial charge in [-0.15, -0.1) is 0 Å². The van der Waals surface area contributed by atoms with Gasteiger partial charge in [-0.2, -0.15) is 0 Å². The third kappa shape index (κ3) is 1.21. The molecule has 2 aromatic heterocycles. The van der Waals surface area contributed by atoms with E-state index >= 15 is 0 Å². The topological polar surface area (TPSA) is 45.8 Å². The van der Waals surface area contributed by atoms with Crippen LogP contribution in [0.3, 0.4) is 0 Å². The molecule has 0 fully saturated rings. The summed E-state index contributed by atoms with van der Waals surface area (Å²) < 4.78 is 0. The summed E-state index contributed by atoms with van der Waals surface area (Å²) in [6.45, 7) is 2.02. The summed E-state index contributed by atoms with van der Waals surface area (Å²) in [6.07, 6.45) is 1.76. The van der Waals surface area contributed by atoms with E-state index in [1.165, 1.54) is 0 Å². The van der Waals surface area contributed by atoms with Crippen LogP contribution < -0.4 is 5.56 Å². The van der Waals surface area contributed by atoms with Crippen molar-refractivity contribution in [2.24, 2.45) is 0 Å². The molecule has 0 saturated carbocycles. The van der Waals surface area contributed by atoms with E-state index in [9.17, 15) is 4.79 Å². The molecule has 0 unspecified atom stereocenters. The van der Waals surface area contributed by atoms with Crippen LogP contribution in [0.1, 0.15) is 5.56 Å². The Morgan fingerprint density at radius 2 is 2.06 bits per heavy atom. The van der Waals surface area contributed by atoms with Crippen LogP contribution in [0.2, 0.25) is 0 Å². The molecule has 3 aromatic rings. The van der Waals surface area contributed by atoms with Gasteiger partial charge in [-0.25, -0.2) is 0 Å². The number of aromatic amines is 1. The summed E-state index contributed by atoms with van der Waals surface area (Å²) in [5, 5.41) is 2.06. The van der Waals surface area contributed by atoms with Gasteiger partial charge in [0, 0.05) is 23.0 Å². The molecule has 0 amide bonds. The number of fused-ring (bicyclic) bond motifs is 3. The summed E-state index contributed by atoms with van der Waals surface area (Å²) in [5.74, 6) is 0. The fourth-order valence-electron chi connectivity index (χ4n) is 2.04. The highest BCUT2D eigenvalue weighted by Crippen LogP contribution is 2.24. The number of aryl methyl sites for hydroxylation is 1. The predicted octanol–water partition coefficient (Wildman–Crippen LogP) is 2.38. The zero-order valence-corrected chi connectivity index (χ0v) is 8.82. The smallest absolute Gasteiger partial charge is 0.248 e.